The van der Waals surface area contributed by atoms with E-state index >= 15 is 0 Å². The number of benzene rings is 2. The van der Waals surface area contributed by atoms with Crippen molar-refractivity contribution in [3.63, 3.8) is 0 Å². The van der Waals surface area contributed by atoms with Crippen LogP contribution in [0.3, 0.4) is 0 Å². The Morgan fingerprint density at radius 1 is 1.13 bits per heavy atom. The summed E-state index contributed by atoms with van der Waals surface area (Å²) in [5.74, 6) is 0.232. The molecule has 164 valence electrons. The molecule has 0 saturated heterocycles. The zero-order valence-corrected chi connectivity index (χ0v) is 18.2. The third-order valence-corrected chi connectivity index (χ3v) is 5.08. The van der Waals surface area contributed by atoms with Gasteiger partial charge in [0.15, 0.2) is 0 Å². The smallest absolute Gasteiger partial charge is 0.302 e. The number of aryl methyl sites for hydroxylation is 1. The monoisotopic (exact) mass is 423 g/mol. The fourth-order valence-electron chi connectivity index (χ4n) is 3.25. The van der Waals surface area contributed by atoms with E-state index in [9.17, 15) is 9.59 Å². The van der Waals surface area contributed by atoms with Gasteiger partial charge in [0.25, 0.3) is 5.91 Å². The Morgan fingerprint density at radius 3 is 2.48 bits per heavy atom. The van der Waals surface area contributed by atoms with Crippen molar-refractivity contribution in [1.29, 1.82) is 0 Å². The minimum atomic E-state index is -0.445. The average Bonchev–Trinajstić information content (AvgIpc) is 2.78. The van der Waals surface area contributed by atoms with Crippen molar-refractivity contribution < 1.29 is 23.8 Å². The zero-order valence-electron chi connectivity index (χ0n) is 18.2. The van der Waals surface area contributed by atoms with E-state index in [1.807, 2.05) is 67.6 Å². The Morgan fingerprint density at radius 2 is 1.84 bits per heavy atom. The molecule has 0 spiro atoms. The van der Waals surface area contributed by atoms with Gasteiger partial charge >= 0.3 is 5.97 Å². The number of carbonyl (C=O) groups excluding carboxylic acids is 2. The summed E-state index contributed by atoms with van der Waals surface area (Å²) in [6.45, 7) is 5.57. The lowest BCUT2D eigenvalue weighted by Crippen LogP contribution is -2.32. The third-order valence-electron chi connectivity index (χ3n) is 5.08. The quantitative estimate of drug-likeness (QED) is 0.505. The van der Waals surface area contributed by atoms with Crippen LogP contribution in [0.2, 0.25) is 0 Å². The maximum Gasteiger partial charge on any atom is 0.302 e. The lowest BCUT2D eigenvalue weighted by Gasteiger charge is -2.26. The number of hydrogen-bond donors (Lipinski definition) is 1. The molecule has 0 radical (unpaired) electrons. The van der Waals surface area contributed by atoms with E-state index in [-0.39, 0.29) is 30.6 Å². The number of nitrogens with one attached hydrogen (secondary N) is 1. The molecule has 0 fully saturated rings. The van der Waals surface area contributed by atoms with E-state index in [0.29, 0.717) is 17.7 Å². The van der Waals surface area contributed by atoms with Gasteiger partial charge in [0.05, 0.1) is 6.04 Å². The standard InChI is InChI=1S/C25H29NO5/c1-4-19-8-10-21(11-9-19)25(28)26-17(2)20-12-14-22(15-13-20)30-24-7-5-6-23(31-24)16-29-18(3)27/h5-6,8-15,17,23-24H,4,7,16H2,1-3H3,(H,26,28). The van der Waals surface area contributed by atoms with Crippen molar-refractivity contribution >= 4 is 11.9 Å². The molecule has 2 aromatic rings. The average molecular weight is 424 g/mol. The molecule has 2 aromatic carbocycles. The zero-order chi connectivity index (χ0) is 22.2. The van der Waals surface area contributed by atoms with Crippen molar-refractivity contribution in [3.8, 4) is 5.75 Å². The highest BCUT2D eigenvalue weighted by Gasteiger charge is 2.20. The van der Waals surface area contributed by atoms with Gasteiger partial charge in [-0.3, -0.25) is 9.59 Å². The summed E-state index contributed by atoms with van der Waals surface area (Å²) in [6, 6.07) is 15.1. The van der Waals surface area contributed by atoms with Gasteiger partial charge in [-0.2, -0.15) is 0 Å². The Balaban J connectivity index is 1.52. The van der Waals surface area contributed by atoms with E-state index < -0.39 is 6.29 Å². The number of esters is 1. The summed E-state index contributed by atoms with van der Waals surface area (Å²) in [4.78, 5) is 23.5. The second-order valence-electron chi connectivity index (χ2n) is 7.50. The Kier molecular flexibility index (Phi) is 7.84. The first-order valence-corrected chi connectivity index (χ1v) is 10.6. The van der Waals surface area contributed by atoms with Gasteiger partial charge in [0, 0.05) is 18.9 Å². The molecule has 0 aliphatic carbocycles. The van der Waals surface area contributed by atoms with Crippen LogP contribution in [0.4, 0.5) is 0 Å². The van der Waals surface area contributed by atoms with Gasteiger partial charge in [0.2, 0.25) is 6.29 Å². The molecular formula is C25H29NO5. The van der Waals surface area contributed by atoms with Crippen molar-refractivity contribution in [1.82, 2.24) is 5.32 Å². The first kappa shape index (κ1) is 22.6. The molecule has 31 heavy (non-hydrogen) atoms. The molecule has 0 aromatic heterocycles. The van der Waals surface area contributed by atoms with Crippen LogP contribution >= 0.6 is 0 Å². The van der Waals surface area contributed by atoms with Crippen LogP contribution in [0.5, 0.6) is 5.75 Å². The van der Waals surface area contributed by atoms with E-state index in [1.165, 1.54) is 12.5 Å². The highest BCUT2D eigenvalue weighted by molar-refractivity contribution is 5.94. The first-order valence-electron chi connectivity index (χ1n) is 10.6. The van der Waals surface area contributed by atoms with Crippen LogP contribution in [0, 0.1) is 0 Å². The molecule has 1 amide bonds. The van der Waals surface area contributed by atoms with Gasteiger partial charge in [0.1, 0.15) is 18.5 Å². The summed E-state index contributed by atoms with van der Waals surface area (Å²) < 4.78 is 16.7. The second-order valence-corrected chi connectivity index (χ2v) is 7.50. The predicted molar refractivity (Wildman–Crippen MR) is 118 cm³/mol. The fraction of sp³-hybridized carbons (Fsp3) is 0.360. The molecular weight excluding hydrogens is 394 g/mol. The van der Waals surface area contributed by atoms with Crippen LogP contribution < -0.4 is 10.1 Å². The van der Waals surface area contributed by atoms with Gasteiger partial charge in [-0.25, -0.2) is 0 Å². The molecule has 3 rings (SSSR count). The summed E-state index contributed by atoms with van der Waals surface area (Å²) in [7, 11) is 0. The largest absolute Gasteiger partial charge is 0.465 e. The number of hydrogen-bond acceptors (Lipinski definition) is 5. The lowest BCUT2D eigenvalue weighted by atomic mass is 10.1. The summed E-state index contributed by atoms with van der Waals surface area (Å²) in [5.41, 5.74) is 2.83. The Hall–Kier alpha value is -3.12. The van der Waals surface area contributed by atoms with Gasteiger partial charge in [-0.05, 0) is 48.7 Å². The van der Waals surface area contributed by atoms with Crippen molar-refractivity contribution in [2.24, 2.45) is 0 Å². The number of carbonyl (C=O) groups is 2. The Labute approximate surface area is 183 Å². The molecule has 0 bridgehead atoms. The SMILES string of the molecule is CCc1ccc(C(=O)NC(C)c2ccc(OC3CC=CC(COC(C)=O)O3)cc2)cc1. The summed E-state index contributed by atoms with van der Waals surface area (Å²) >= 11 is 0. The molecule has 3 atom stereocenters. The van der Waals surface area contributed by atoms with Crippen LogP contribution in [-0.2, 0) is 20.7 Å². The van der Waals surface area contributed by atoms with Gasteiger partial charge in [-0.15, -0.1) is 0 Å². The molecule has 1 aliphatic heterocycles. The van der Waals surface area contributed by atoms with Crippen LogP contribution in [-0.4, -0.2) is 30.9 Å². The molecule has 3 unspecified atom stereocenters. The Bertz CT molecular complexity index is 905. The predicted octanol–water partition coefficient (Wildman–Crippen LogP) is 4.35. The molecule has 6 nitrogen and oxygen atoms in total. The maximum absolute atomic E-state index is 12.5. The van der Waals surface area contributed by atoms with Crippen LogP contribution in [0.25, 0.3) is 0 Å². The van der Waals surface area contributed by atoms with Crippen molar-refractivity contribution in [2.75, 3.05) is 6.61 Å². The van der Waals surface area contributed by atoms with E-state index in [4.69, 9.17) is 14.2 Å². The van der Waals surface area contributed by atoms with Crippen molar-refractivity contribution in [2.45, 2.75) is 52.0 Å². The third kappa shape index (κ3) is 6.69. The van der Waals surface area contributed by atoms with Crippen LogP contribution in [0.1, 0.15) is 54.7 Å². The van der Waals surface area contributed by atoms with Gasteiger partial charge in [-0.1, -0.05) is 43.3 Å². The van der Waals surface area contributed by atoms with E-state index in [2.05, 4.69) is 12.2 Å². The number of rotatable bonds is 8. The maximum atomic E-state index is 12.5. The minimum Gasteiger partial charge on any atom is -0.465 e. The normalized spacial score (nSPS) is 18.8. The lowest BCUT2D eigenvalue weighted by molar-refractivity contribution is -0.154. The van der Waals surface area contributed by atoms with E-state index in [0.717, 1.165) is 12.0 Å². The van der Waals surface area contributed by atoms with Crippen LogP contribution in [0.15, 0.2) is 60.7 Å². The van der Waals surface area contributed by atoms with Gasteiger partial charge < -0.3 is 19.5 Å². The summed E-state index contributed by atoms with van der Waals surface area (Å²) in [5, 5.41) is 3.02. The molecule has 6 heteroatoms. The molecule has 1 heterocycles. The summed E-state index contributed by atoms with van der Waals surface area (Å²) in [6.07, 6.45) is 4.62. The topological polar surface area (TPSA) is 73.9 Å². The molecule has 1 aliphatic rings. The second kappa shape index (κ2) is 10.8. The first-order chi connectivity index (χ1) is 14.9. The van der Waals surface area contributed by atoms with Crippen molar-refractivity contribution in [3.05, 3.63) is 77.4 Å². The fourth-order valence-corrected chi connectivity index (χ4v) is 3.25. The number of amides is 1. The molecule has 0 saturated carbocycles. The highest BCUT2D eigenvalue weighted by atomic mass is 16.7. The number of ether oxygens (including phenoxy) is 3. The minimum absolute atomic E-state index is 0.100. The molecule has 1 N–H and O–H groups in total. The highest BCUT2D eigenvalue weighted by Crippen LogP contribution is 2.22. The van der Waals surface area contributed by atoms with E-state index in [1.54, 1.807) is 0 Å².